The summed E-state index contributed by atoms with van der Waals surface area (Å²) in [6.45, 7) is 1.90. The SMILES string of the molecule is CCOC(=O)c1cnc2cc(Br)c(OC)cc2c1Nc1cccc(Cl)c1F. The second kappa shape index (κ2) is 8.10. The summed E-state index contributed by atoms with van der Waals surface area (Å²) in [5.74, 6) is -0.651. The summed E-state index contributed by atoms with van der Waals surface area (Å²) in [7, 11) is 1.53. The summed E-state index contributed by atoms with van der Waals surface area (Å²) in [6, 6.07) is 8.04. The number of nitrogens with one attached hydrogen (secondary N) is 1. The first kappa shape index (κ1) is 19.4. The van der Waals surface area contributed by atoms with E-state index in [1.165, 1.54) is 25.4 Å². The summed E-state index contributed by atoms with van der Waals surface area (Å²) in [5, 5.41) is 3.50. The van der Waals surface area contributed by atoms with E-state index in [-0.39, 0.29) is 22.9 Å². The second-order valence-electron chi connectivity index (χ2n) is 5.50. The van der Waals surface area contributed by atoms with E-state index >= 15 is 0 Å². The van der Waals surface area contributed by atoms with Gasteiger partial charge < -0.3 is 14.8 Å². The van der Waals surface area contributed by atoms with Crippen molar-refractivity contribution < 1.29 is 18.7 Å². The maximum absolute atomic E-state index is 14.4. The van der Waals surface area contributed by atoms with Crippen LogP contribution in [0.15, 0.2) is 41.0 Å². The molecule has 1 heterocycles. The third-order valence-electron chi connectivity index (χ3n) is 3.85. The molecule has 8 heteroatoms. The number of methoxy groups -OCH3 is 1. The molecule has 0 atom stereocenters. The Labute approximate surface area is 168 Å². The van der Waals surface area contributed by atoms with Crippen LogP contribution in [0.3, 0.4) is 0 Å². The minimum atomic E-state index is -0.622. The first-order valence-corrected chi connectivity index (χ1v) is 9.17. The average Bonchev–Trinajstić information content (AvgIpc) is 2.65. The number of pyridine rings is 1. The van der Waals surface area contributed by atoms with Crippen molar-refractivity contribution in [2.24, 2.45) is 0 Å². The lowest BCUT2D eigenvalue weighted by atomic mass is 10.1. The highest BCUT2D eigenvalue weighted by Crippen LogP contribution is 2.37. The zero-order chi connectivity index (χ0) is 19.6. The summed E-state index contributed by atoms with van der Waals surface area (Å²) >= 11 is 9.28. The zero-order valence-corrected chi connectivity index (χ0v) is 16.8. The Hall–Kier alpha value is -2.38. The van der Waals surface area contributed by atoms with E-state index in [0.717, 1.165) is 0 Å². The zero-order valence-electron chi connectivity index (χ0n) is 14.5. The van der Waals surface area contributed by atoms with Crippen LogP contribution in [-0.2, 0) is 4.74 Å². The molecule has 0 amide bonds. The lowest BCUT2D eigenvalue weighted by Crippen LogP contribution is -2.10. The summed E-state index contributed by atoms with van der Waals surface area (Å²) in [5.41, 5.74) is 1.24. The molecular formula is C19H15BrClFN2O3. The molecule has 3 aromatic rings. The average molecular weight is 454 g/mol. The summed E-state index contributed by atoms with van der Waals surface area (Å²) in [4.78, 5) is 16.7. The number of rotatable bonds is 5. The van der Waals surface area contributed by atoms with Crippen molar-refractivity contribution in [3.8, 4) is 5.75 Å². The van der Waals surface area contributed by atoms with Crippen molar-refractivity contribution in [1.82, 2.24) is 4.98 Å². The van der Waals surface area contributed by atoms with Gasteiger partial charge in [0.1, 0.15) is 11.3 Å². The van der Waals surface area contributed by atoms with Gasteiger partial charge in [0.05, 0.1) is 40.1 Å². The molecule has 0 fully saturated rings. The molecule has 1 N–H and O–H groups in total. The van der Waals surface area contributed by atoms with E-state index < -0.39 is 11.8 Å². The number of ether oxygens (including phenoxy) is 2. The minimum absolute atomic E-state index is 0.0311. The normalized spacial score (nSPS) is 10.7. The molecule has 5 nitrogen and oxygen atoms in total. The molecule has 0 spiro atoms. The molecule has 0 radical (unpaired) electrons. The molecule has 0 aliphatic heterocycles. The molecule has 3 rings (SSSR count). The molecule has 0 saturated carbocycles. The fourth-order valence-corrected chi connectivity index (χ4v) is 3.25. The quantitative estimate of drug-likeness (QED) is 0.501. The van der Waals surface area contributed by atoms with Crippen LogP contribution in [-0.4, -0.2) is 24.7 Å². The van der Waals surface area contributed by atoms with E-state index in [1.807, 2.05) is 0 Å². The van der Waals surface area contributed by atoms with Gasteiger partial charge in [-0.2, -0.15) is 0 Å². The largest absolute Gasteiger partial charge is 0.496 e. The van der Waals surface area contributed by atoms with Gasteiger partial charge in [-0.25, -0.2) is 9.18 Å². The van der Waals surface area contributed by atoms with E-state index in [4.69, 9.17) is 21.1 Å². The summed E-state index contributed by atoms with van der Waals surface area (Å²) in [6.07, 6.45) is 1.39. The molecule has 0 saturated heterocycles. The van der Waals surface area contributed by atoms with Gasteiger partial charge in [0, 0.05) is 11.6 Å². The molecular weight excluding hydrogens is 439 g/mol. The Bertz CT molecular complexity index is 1030. The van der Waals surface area contributed by atoms with Gasteiger partial charge >= 0.3 is 5.97 Å². The van der Waals surface area contributed by atoms with Gasteiger partial charge in [0.25, 0.3) is 0 Å². The van der Waals surface area contributed by atoms with Crippen LogP contribution in [0, 0.1) is 5.82 Å². The Balaban J connectivity index is 2.25. The topological polar surface area (TPSA) is 60.5 Å². The number of benzene rings is 2. The first-order chi connectivity index (χ1) is 13.0. The smallest absolute Gasteiger partial charge is 0.341 e. The van der Waals surface area contributed by atoms with Crippen LogP contribution in [0.4, 0.5) is 15.8 Å². The first-order valence-electron chi connectivity index (χ1n) is 8.00. The lowest BCUT2D eigenvalue weighted by molar-refractivity contribution is 0.0527. The standard InChI is InChI=1S/C19H15BrClFN2O3/c1-3-27-19(25)11-9-23-15-8-12(20)16(26-2)7-10(15)18(11)24-14-6-4-5-13(21)17(14)22/h4-9H,3H2,1-2H3,(H,23,24). The van der Waals surface area contributed by atoms with Crippen molar-refractivity contribution in [3.05, 3.63) is 57.4 Å². The number of anilines is 2. The van der Waals surface area contributed by atoms with Crippen molar-refractivity contribution >= 4 is 55.8 Å². The van der Waals surface area contributed by atoms with E-state index in [2.05, 4.69) is 26.2 Å². The fraction of sp³-hybridized carbons (Fsp3) is 0.158. The molecule has 0 unspecified atom stereocenters. The Morgan fingerprint density at radius 1 is 1.37 bits per heavy atom. The Kier molecular flexibility index (Phi) is 5.82. The van der Waals surface area contributed by atoms with Crippen LogP contribution in [0.2, 0.25) is 5.02 Å². The highest BCUT2D eigenvalue weighted by molar-refractivity contribution is 9.10. The van der Waals surface area contributed by atoms with Crippen molar-refractivity contribution in [1.29, 1.82) is 0 Å². The van der Waals surface area contributed by atoms with Crippen molar-refractivity contribution in [2.75, 3.05) is 19.0 Å². The van der Waals surface area contributed by atoms with Gasteiger partial charge in [0.15, 0.2) is 5.82 Å². The Morgan fingerprint density at radius 3 is 2.85 bits per heavy atom. The number of hydrogen-bond acceptors (Lipinski definition) is 5. The predicted molar refractivity (Wildman–Crippen MR) is 107 cm³/mol. The highest BCUT2D eigenvalue weighted by atomic mass is 79.9. The van der Waals surface area contributed by atoms with Crippen LogP contribution in [0.25, 0.3) is 10.9 Å². The monoisotopic (exact) mass is 452 g/mol. The number of esters is 1. The molecule has 140 valence electrons. The van der Waals surface area contributed by atoms with Crippen molar-refractivity contribution in [2.45, 2.75) is 6.92 Å². The maximum Gasteiger partial charge on any atom is 0.341 e. The number of fused-ring (bicyclic) bond motifs is 1. The number of carbonyl (C=O) groups is 1. The van der Waals surface area contributed by atoms with Crippen molar-refractivity contribution in [3.63, 3.8) is 0 Å². The van der Waals surface area contributed by atoms with Gasteiger partial charge in [-0.3, -0.25) is 4.98 Å². The van der Waals surface area contributed by atoms with Crippen LogP contribution in [0.1, 0.15) is 17.3 Å². The third-order valence-corrected chi connectivity index (χ3v) is 4.76. The van der Waals surface area contributed by atoms with Crippen LogP contribution in [0.5, 0.6) is 5.75 Å². The van der Waals surface area contributed by atoms with Crippen LogP contribution >= 0.6 is 27.5 Å². The maximum atomic E-state index is 14.4. The van der Waals surface area contributed by atoms with E-state index in [0.29, 0.717) is 26.8 Å². The van der Waals surface area contributed by atoms with Crippen LogP contribution < -0.4 is 10.1 Å². The molecule has 27 heavy (non-hydrogen) atoms. The number of nitrogens with zero attached hydrogens (tertiary/aromatic N) is 1. The lowest BCUT2D eigenvalue weighted by Gasteiger charge is -2.16. The molecule has 1 aromatic heterocycles. The fourth-order valence-electron chi connectivity index (χ4n) is 2.58. The number of halogens is 3. The predicted octanol–water partition coefficient (Wildman–Crippen LogP) is 5.72. The molecule has 0 aliphatic rings. The van der Waals surface area contributed by atoms with Gasteiger partial charge in [-0.05, 0) is 47.1 Å². The summed E-state index contributed by atoms with van der Waals surface area (Å²) < 4.78 is 25.6. The van der Waals surface area contributed by atoms with Gasteiger partial charge in [-0.1, -0.05) is 17.7 Å². The second-order valence-corrected chi connectivity index (χ2v) is 6.76. The molecule has 2 aromatic carbocycles. The van der Waals surface area contributed by atoms with E-state index in [9.17, 15) is 9.18 Å². The highest BCUT2D eigenvalue weighted by Gasteiger charge is 2.20. The van der Waals surface area contributed by atoms with Gasteiger partial charge in [0.2, 0.25) is 0 Å². The molecule has 0 bridgehead atoms. The minimum Gasteiger partial charge on any atom is -0.496 e. The number of hydrogen-bond donors (Lipinski definition) is 1. The van der Waals surface area contributed by atoms with Gasteiger partial charge in [-0.15, -0.1) is 0 Å². The molecule has 0 aliphatic carbocycles. The number of carbonyl (C=O) groups excluding carboxylic acids is 1. The number of aromatic nitrogens is 1. The van der Waals surface area contributed by atoms with E-state index in [1.54, 1.807) is 25.1 Å². The third kappa shape index (κ3) is 3.84. The Morgan fingerprint density at radius 2 is 2.15 bits per heavy atom.